The minimum atomic E-state index is -0.880. The standard InChI is InChI=1S/C11H12O2/c1-2-3-5-9-6-4-7-10(8-9)11(12)13/h1,4,6-8H,2-3,5H2,(H,12,13). The van der Waals surface area contributed by atoms with Gasteiger partial charge in [-0.1, -0.05) is 12.1 Å². The molecular formula is C11H12O2. The first-order valence-corrected chi connectivity index (χ1v) is 4.26. The Morgan fingerprint density at radius 2 is 2.23 bits per heavy atom. The Morgan fingerprint density at radius 3 is 2.85 bits per heavy atom. The third kappa shape index (κ3) is 2.90. The Labute approximate surface area is 78.2 Å². The highest BCUT2D eigenvalue weighted by Crippen LogP contribution is 2.08. The summed E-state index contributed by atoms with van der Waals surface area (Å²) in [4.78, 5) is 10.6. The molecule has 0 aliphatic heterocycles. The van der Waals surface area contributed by atoms with E-state index in [1.54, 1.807) is 18.2 Å². The SMILES string of the molecule is [CH]CCCc1cccc(C(=O)O)c1. The summed E-state index contributed by atoms with van der Waals surface area (Å²) in [5.74, 6) is -0.880. The molecule has 0 aliphatic carbocycles. The van der Waals surface area contributed by atoms with Crippen LogP contribution in [0.4, 0.5) is 0 Å². The molecule has 1 rings (SSSR count). The van der Waals surface area contributed by atoms with Gasteiger partial charge in [0.2, 0.25) is 0 Å². The van der Waals surface area contributed by atoms with Crippen LogP contribution in [0, 0.1) is 6.92 Å². The van der Waals surface area contributed by atoms with Crippen molar-refractivity contribution in [3.8, 4) is 0 Å². The summed E-state index contributed by atoms with van der Waals surface area (Å²) in [5.41, 5.74) is 1.37. The molecule has 0 saturated carbocycles. The highest BCUT2D eigenvalue weighted by molar-refractivity contribution is 5.87. The topological polar surface area (TPSA) is 37.3 Å². The number of unbranched alkanes of at least 4 members (excludes halogenated alkanes) is 1. The van der Waals surface area contributed by atoms with Gasteiger partial charge in [-0.25, -0.2) is 4.79 Å². The molecule has 68 valence electrons. The summed E-state index contributed by atoms with van der Waals surface area (Å²) < 4.78 is 0. The summed E-state index contributed by atoms with van der Waals surface area (Å²) in [6.07, 6.45) is 2.37. The summed E-state index contributed by atoms with van der Waals surface area (Å²) >= 11 is 0. The highest BCUT2D eigenvalue weighted by atomic mass is 16.4. The van der Waals surface area contributed by atoms with E-state index in [4.69, 9.17) is 12.0 Å². The monoisotopic (exact) mass is 176 g/mol. The minimum absolute atomic E-state index is 0.342. The van der Waals surface area contributed by atoms with Gasteiger partial charge in [-0.3, -0.25) is 0 Å². The van der Waals surface area contributed by atoms with Crippen molar-refractivity contribution in [3.63, 3.8) is 0 Å². The summed E-state index contributed by atoms with van der Waals surface area (Å²) in [5, 5.41) is 8.71. The van der Waals surface area contributed by atoms with E-state index in [1.165, 1.54) is 0 Å². The minimum Gasteiger partial charge on any atom is -0.478 e. The Bertz CT molecular complexity index is 292. The maximum atomic E-state index is 10.6. The Hall–Kier alpha value is -1.31. The van der Waals surface area contributed by atoms with E-state index in [9.17, 15) is 4.79 Å². The van der Waals surface area contributed by atoms with Gasteiger partial charge >= 0.3 is 5.97 Å². The number of benzene rings is 1. The lowest BCUT2D eigenvalue weighted by Crippen LogP contribution is -1.97. The van der Waals surface area contributed by atoms with Gasteiger partial charge in [-0.15, -0.1) is 0 Å². The summed E-state index contributed by atoms with van der Waals surface area (Å²) in [6, 6.07) is 6.96. The molecule has 2 heteroatoms. The molecule has 0 heterocycles. The molecule has 0 atom stereocenters. The van der Waals surface area contributed by atoms with E-state index in [0.29, 0.717) is 12.0 Å². The Morgan fingerprint density at radius 1 is 1.46 bits per heavy atom. The number of rotatable bonds is 4. The third-order valence-electron chi connectivity index (χ3n) is 1.84. The van der Waals surface area contributed by atoms with Gasteiger partial charge in [0.15, 0.2) is 0 Å². The fourth-order valence-corrected chi connectivity index (χ4v) is 1.17. The molecule has 1 aromatic carbocycles. The largest absolute Gasteiger partial charge is 0.478 e. The number of aromatic carboxylic acids is 1. The van der Waals surface area contributed by atoms with Crippen molar-refractivity contribution in [2.24, 2.45) is 0 Å². The molecule has 0 spiro atoms. The average Bonchev–Trinajstić information content (AvgIpc) is 2.15. The van der Waals surface area contributed by atoms with Gasteiger partial charge in [0, 0.05) is 0 Å². The quantitative estimate of drug-likeness (QED) is 0.764. The van der Waals surface area contributed by atoms with Crippen molar-refractivity contribution >= 4 is 5.97 Å². The fraction of sp³-hybridized carbons (Fsp3) is 0.273. The Kier molecular flexibility index (Phi) is 3.50. The number of carbonyl (C=O) groups is 1. The average molecular weight is 176 g/mol. The van der Waals surface area contributed by atoms with E-state index < -0.39 is 5.97 Å². The molecular weight excluding hydrogens is 164 g/mol. The van der Waals surface area contributed by atoms with Crippen molar-refractivity contribution in [3.05, 3.63) is 42.3 Å². The summed E-state index contributed by atoms with van der Waals surface area (Å²) in [6.45, 7) is 5.36. The zero-order chi connectivity index (χ0) is 9.68. The predicted molar refractivity (Wildman–Crippen MR) is 50.6 cm³/mol. The zero-order valence-electron chi connectivity index (χ0n) is 7.36. The van der Waals surface area contributed by atoms with Crippen LogP contribution in [0.15, 0.2) is 24.3 Å². The second-order valence-electron chi connectivity index (χ2n) is 2.90. The smallest absolute Gasteiger partial charge is 0.335 e. The molecule has 13 heavy (non-hydrogen) atoms. The van der Waals surface area contributed by atoms with E-state index in [2.05, 4.69) is 0 Å². The van der Waals surface area contributed by atoms with Crippen LogP contribution in [-0.2, 0) is 6.42 Å². The maximum Gasteiger partial charge on any atom is 0.335 e. The maximum absolute atomic E-state index is 10.6. The molecule has 0 aromatic heterocycles. The molecule has 2 nitrogen and oxygen atoms in total. The fourth-order valence-electron chi connectivity index (χ4n) is 1.17. The van der Waals surface area contributed by atoms with Crippen LogP contribution >= 0.6 is 0 Å². The van der Waals surface area contributed by atoms with Gasteiger partial charge in [0.25, 0.3) is 0 Å². The molecule has 0 aliphatic rings. The van der Waals surface area contributed by atoms with E-state index in [0.717, 1.165) is 18.4 Å². The number of hydrogen-bond acceptors (Lipinski definition) is 1. The van der Waals surface area contributed by atoms with Crippen LogP contribution in [0.25, 0.3) is 0 Å². The normalized spacial score (nSPS) is 9.92. The number of carboxylic acid groups (broad SMARTS) is 1. The predicted octanol–water partition coefficient (Wildman–Crippen LogP) is 2.42. The first-order chi connectivity index (χ1) is 6.24. The molecule has 1 N–H and O–H groups in total. The lowest BCUT2D eigenvalue weighted by Gasteiger charge is -2.00. The molecule has 0 amide bonds. The van der Waals surface area contributed by atoms with Gasteiger partial charge in [0.05, 0.1) is 5.56 Å². The van der Waals surface area contributed by atoms with Crippen LogP contribution < -0.4 is 0 Å². The number of aryl methyl sites for hydroxylation is 1. The van der Waals surface area contributed by atoms with Gasteiger partial charge < -0.3 is 5.11 Å². The van der Waals surface area contributed by atoms with Crippen molar-refractivity contribution < 1.29 is 9.90 Å². The van der Waals surface area contributed by atoms with Crippen molar-refractivity contribution in [2.45, 2.75) is 19.3 Å². The van der Waals surface area contributed by atoms with Crippen LogP contribution in [0.1, 0.15) is 28.8 Å². The van der Waals surface area contributed by atoms with Crippen LogP contribution in [-0.4, -0.2) is 11.1 Å². The molecule has 0 bridgehead atoms. The molecule has 0 saturated heterocycles. The van der Waals surface area contributed by atoms with E-state index >= 15 is 0 Å². The first kappa shape index (κ1) is 9.78. The van der Waals surface area contributed by atoms with Gasteiger partial charge in [0.1, 0.15) is 0 Å². The van der Waals surface area contributed by atoms with Crippen LogP contribution in [0.2, 0.25) is 0 Å². The van der Waals surface area contributed by atoms with Gasteiger partial charge in [-0.05, 0) is 43.9 Å². The van der Waals surface area contributed by atoms with E-state index in [-0.39, 0.29) is 0 Å². The highest BCUT2D eigenvalue weighted by Gasteiger charge is 2.02. The number of carboxylic acids is 1. The second-order valence-corrected chi connectivity index (χ2v) is 2.90. The third-order valence-corrected chi connectivity index (χ3v) is 1.84. The van der Waals surface area contributed by atoms with Gasteiger partial charge in [-0.2, -0.15) is 0 Å². The molecule has 2 radical (unpaired) electrons. The van der Waals surface area contributed by atoms with Crippen LogP contribution in [0.3, 0.4) is 0 Å². The second kappa shape index (κ2) is 4.65. The Balaban J connectivity index is 2.73. The first-order valence-electron chi connectivity index (χ1n) is 4.26. The van der Waals surface area contributed by atoms with Crippen LogP contribution in [0.5, 0.6) is 0 Å². The molecule has 0 fully saturated rings. The van der Waals surface area contributed by atoms with E-state index in [1.807, 2.05) is 6.07 Å². The zero-order valence-corrected chi connectivity index (χ0v) is 7.36. The molecule has 1 aromatic rings. The van der Waals surface area contributed by atoms with Crippen molar-refractivity contribution in [1.29, 1.82) is 0 Å². The summed E-state index contributed by atoms with van der Waals surface area (Å²) in [7, 11) is 0. The lowest BCUT2D eigenvalue weighted by molar-refractivity contribution is 0.0697. The molecule has 0 unspecified atom stereocenters. The van der Waals surface area contributed by atoms with Crippen molar-refractivity contribution in [1.82, 2.24) is 0 Å². The van der Waals surface area contributed by atoms with Crippen molar-refractivity contribution in [2.75, 3.05) is 0 Å². The lowest BCUT2D eigenvalue weighted by atomic mass is 10.1. The number of hydrogen-bond donors (Lipinski definition) is 1.